The summed E-state index contributed by atoms with van der Waals surface area (Å²) >= 11 is 0. The van der Waals surface area contributed by atoms with Crippen molar-refractivity contribution in [2.45, 2.75) is 52.0 Å². The van der Waals surface area contributed by atoms with Gasteiger partial charge in [0.2, 0.25) is 0 Å². The van der Waals surface area contributed by atoms with Crippen molar-refractivity contribution in [3.63, 3.8) is 0 Å². The predicted octanol–water partition coefficient (Wildman–Crippen LogP) is 4.69. The predicted molar refractivity (Wildman–Crippen MR) is 107 cm³/mol. The Morgan fingerprint density at radius 2 is 1.78 bits per heavy atom. The average Bonchev–Trinajstić information content (AvgIpc) is 3.00. The van der Waals surface area contributed by atoms with Crippen LogP contribution >= 0.6 is 0 Å². The number of ketones is 1. The monoisotopic (exact) mass is 368 g/mol. The number of ether oxygens (including phenoxy) is 1. The zero-order valence-electron chi connectivity index (χ0n) is 16.4. The van der Waals surface area contributed by atoms with E-state index in [4.69, 9.17) is 4.74 Å². The molecule has 1 saturated carbocycles. The summed E-state index contributed by atoms with van der Waals surface area (Å²) in [5, 5.41) is 3.15. The van der Waals surface area contributed by atoms with Crippen LogP contribution in [0.3, 0.4) is 0 Å². The van der Waals surface area contributed by atoms with E-state index < -0.39 is 0 Å². The second kappa shape index (κ2) is 8.42. The van der Waals surface area contributed by atoms with Crippen molar-refractivity contribution >= 4 is 17.4 Å². The normalized spacial score (nSPS) is 14.8. The summed E-state index contributed by atoms with van der Waals surface area (Å²) in [7, 11) is 1.36. The van der Waals surface area contributed by atoms with E-state index >= 15 is 0 Å². The van der Waals surface area contributed by atoms with Gasteiger partial charge in [-0.25, -0.2) is 4.79 Å². The van der Waals surface area contributed by atoms with Gasteiger partial charge in [-0.1, -0.05) is 19.3 Å². The molecule has 1 aliphatic carbocycles. The van der Waals surface area contributed by atoms with Gasteiger partial charge in [0.25, 0.3) is 0 Å². The number of anilines is 1. The Morgan fingerprint density at radius 3 is 2.41 bits per heavy atom. The van der Waals surface area contributed by atoms with Crippen LogP contribution in [0.1, 0.15) is 70.2 Å². The Hall–Kier alpha value is -2.56. The van der Waals surface area contributed by atoms with Crippen molar-refractivity contribution in [1.82, 2.24) is 4.57 Å². The lowest BCUT2D eigenvalue weighted by Crippen LogP contribution is -2.17. The highest BCUT2D eigenvalue weighted by atomic mass is 16.5. The Balaban J connectivity index is 1.67. The molecule has 0 saturated heterocycles. The number of carbonyl (C=O) groups excluding carboxylic acids is 2. The quantitative estimate of drug-likeness (QED) is 0.593. The van der Waals surface area contributed by atoms with Crippen molar-refractivity contribution < 1.29 is 14.3 Å². The van der Waals surface area contributed by atoms with Crippen LogP contribution in [0.25, 0.3) is 0 Å². The second-order valence-corrected chi connectivity index (χ2v) is 7.29. The molecule has 1 N–H and O–H groups in total. The van der Waals surface area contributed by atoms with Crippen LogP contribution in [0.2, 0.25) is 0 Å². The SMILES string of the molecule is COC(=O)c1ccc(NCC(=O)c2cc(C)n(C3CCCCC3)c2C)cc1. The standard InChI is InChI=1S/C22H28N2O3/c1-15-13-20(16(2)24(15)19-7-5-4-6-8-19)21(25)14-23-18-11-9-17(10-12-18)22(26)27-3/h9-13,19,23H,4-8,14H2,1-3H3. The lowest BCUT2D eigenvalue weighted by atomic mass is 9.95. The number of nitrogens with one attached hydrogen (secondary N) is 1. The van der Waals surface area contributed by atoms with Gasteiger partial charge in [0.05, 0.1) is 19.2 Å². The maximum Gasteiger partial charge on any atom is 0.337 e. The highest BCUT2D eigenvalue weighted by Crippen LogP contribution is 2.32. The van der Waals surface area contributed by atoms with E-state index in [2.05, 4.69) is 23.7 Å². The third-order valence-corrected chi connectivity index (χ3v) is 5.48. The number of carbonyl (C=O) groups is 2. The molecule has 27 heavy (non-hydrogen) atoms. The Bertz CT molecular complexity index is 815. The zero-order chi connectivity index (χ0) is 19.4. The van der Waals surface area contributed by atoms with Crippen molar-refractivity contribution in [3.05, 3.63) is 52.8 Å². The molecule has 144 valence electrons. The Labute approximate surface area is 160 Å². The molecular weight excluding hydrogens is 340 g/mol. The van der Waals surface area contributed by atoms with E-state index in [1.54, 1.807) is 24.3 Å². The zero-order valence-corrected chi connectivity index (χ0v) is 16.4. The summed E-state index contributed by atoms with van der Waals surface area (Å²) in [6, 6.07) is 9.49. The van der Waals surface area contributed by atoms with Crippen LogP contribution < -0.4 is 5.32 Å². The number of esters is 1. The topological polar surface area (TPSA) is 60.3 Å². The van der Waals surface area contributed by atoms with Gasteiger partial charge >= 0.3 is 5.97 Å². The van der Waals surface area contributed by atoms with Crippen LogP contribution in [0, 0.1) is 13.8 Å². The number of aryl methyl sites for hydroxylation is 1. The molecule has 3 rings (SSSR count). The van der Waals surface area contributed by atoms with Crippen LogP contribution in [0.5, 0.6) is 0 Å². The number of rotatable bonds is 6. The number of methoxy groups -OCH3 is 1. The molecule has 1 aromatic heterocycles. The number of Topliss-reactive ketones (excluding diaryl/α,β-unsaturated/α-hetero) is 1. The minimum atomic E-state index is -0.368. The molecule has 2 aromatic rings. The molecule has 1 aliphatic rings. The molecule has 5 nitrogen and oxygen atoms in total. The fourth-order valence-electron chi connectivity index (χ4n) is 4.08. The molecular formula is C22H28N2O3. The number of benzene rings is 1. The van der Waals surface area contributed by atoms with E-state index in [0.717, 1.165) is 16.9 Å². The maximum atomic E-state index is 12.8. The molecule has 1 fully saturated rings. The molecule has 5 heteroatoms. The number of hydrogen-bond donors (Lipinski definition) is 1. The van der Waals surface area contributed by atoms with Crippen LogP contribution in [-0.4, -0.2) is 30.0 Å². The first-order chi connectivity index (χ1) is 13.0. The van der Waals surface area contributed by atoms with Gasteiger partial charge in [0, 0.05) is 28.7 Å². The van der Waals surface area contributed by atoms with Crippen LogP contribution in [0.15, 0.2) is 30.3 Å². The van der Waals surface area contributed by atoms with E-state index in [9.17, 15) is 9.59 Å². The lowest BCUT2D eigenvalue weighted by Gasteiger charge is -2.26. The van der Waals surface area contributed by atoms with Gasteiger partial charge in [0.15, 0.2) is 5.78 Å². The third kappa shape index (κ3) is 4.24. The fourth-order valence-corrected chi connectivity index (χ4v) is 4.08. The summed E-state index contributed by atoms with van der Waals surface area (Å²) in [5.74, 6) is -0.282. The minimum Gasteiger partial charge on any atom is -0.465 e. The summed E-state index contributed by atoms with van der Waals surface area (Å²) in [4.78, 5) is 24.2. The first-order valence-corrected chi connectivity index (χ1v) is 9.65. The van der Waals surface area contributed by atoms with E-state index in [1.807, 2.05) is 6.07 Å². The largest absolute Gasteiger partial charge is 0.465 e. The summed E-state index contributed by atoms with van der Waals surface area (Å²) < 4.78 is 7.05. The van der Waals surface area contributed by atoms with Crippen molar-refractivity contribution in [2.24, 2.45) is 0 Å². The molecule has 0 bridgehead atoms. The van der Waals surface area contributed by atoms with Crippen molar-refractivity contribution in [1.29, 1.82) is 0 Å². The lowest BCUT2D eigenvalue weighted by molar-refractivity contribution is 0.0600. The molecule has 1 heterocycles. The van der Waals surface area contributed by atoms with Crippen LogP contribution in [-0.2, 0) is 4.74 Å². The first-order valence-electron chi connectivity index (χ1n) is 9.65. The maximum absolute atomic E-state index is 12.8. The first kappa shape index (κ1) is 19.2. The average molecular weight is 368 g/mol. The number of aromatic nitrogens is 1. The van der Waals surface area contributed by atoms with E-state index in [0.29, 0.717) is 11.6 Å². The molecule has 0 unspecified atom stereocenters. The van der Waals surface area contributed by atoms with Gasteiger partial charge in [-0.3, -0.25) is 4.79 Å². The van der Waals surface area contributed by atoms with Crippen molar-refractivity contribution in [2.75, 3.05) is 19.0 Å². The third-order valence-electron chi connectivity index (χ3n) is 5.48. The van der Waals surface area contributed by atoms with Gasteiger partial charge in [-0.2, -0.15) is 0 Å². The van der Waals surface area contributed by atoms with Gasteiger partial charge in [-0.15, -0.1) is 0 Å². The van der Waals surface area contributed by atoms with E-state index in [1.165, 1.54) is 44.9 Å². The minimum absolute atomic E-state index is 0.0854. The smallest absolute Gasteiger partial charge is 0.337 e. The fraction of sp³-hybridized carbons (Fsp3) is 0.455. The highest BCUT2D eigenvalue weighted by Gasteiger charge is 2.22. The van der Waals surface area contributed by atoms with Crippen LogP contribution in [0.4, 0.5) is 5.69 Å². The highest BCUT2D eigenvalue weighted by molar-refractivity contribution is 6.00. The number of nitrogens with zero attached hydrogens (tertiary/aromatic N) is 1. The number of hydrogen-bond acceptors (Lipinski definition) is 4. The molecule has 0 aliphatic heterocycles. The molecule has 0 spiro atoms. The Morgan fingerprint density at radius 1 is 1.11 bits per heavy atom. The molecule has 1 aromatic carbocycles. The second-order valence-electron chi connectivity index (χ2n) is 7.29. The summed E-state index contributed by atoms with van der Waals surface area (Å²) in [6.45, 7) is 4.38. The van der Waals surface area contributed by atoms with E-state index in [-0.39, 0.29) is 18.3 Å². The Kier molecular flexibility index (Phi) is 5.99. The van der Waals surface area contributed by atoms with Gasteiger partial charge < -0.3 is 14.6 Å². The van der Waals surface area contributed by atoms with Gasteiger partial charge in [0.1, 0.15) is 0 Å². The summed E-state index contributed by atoms with van der Waals surface area (Å²) in [6.07, 6.45) is 6.27. The summed E-state index contributed by atoms with van der Waals surface area (Å²) in [5.41, 5.74) is 4.34. The van der Waals surface area contributed by atoms with Gasteiger partial charge in [-0.05, 0) is 57.0 Å². The molecule has 0 radical (unpaired) electrons. The molecule has 0 amide bonds. The molecule has 0 atom stereocenters. The van der Waals surface area contributed by atoms with Crippen molar-refractivity contribution in [3.8, 4) is 0 Å².